The normalized spacial score (nSPS) is 20.6. The number of ether oxygens (including phenoxy) is 2. The minimum atomic E-state index is 0. The molecular formula is C17H25ClN2O3S. The summed E-state index contributed by atoms with van der Waals surface area (Å²) in [6.07, 6.45) is 1.38. The van der Waals surface area contributed by atoms with Crippen LogP contribution in [-0.2, 0) is 4.79 Å². The van der Waals surface area contributed by atoms with E-state index < -0.39 is 0 Å². The first-order valence-corrected chi connectivity index (χ1v) is 9.41. The quantitative estimate of drug-likeness (QED) is 0.831. The Labute approximate surface area is 153 Å². The molecule has 1 fully saturated rings. The summed E-state index contributed by atoms with van der Waals surface area (Å²) >= 11 is 1.91. The molecule has 2 N–H and O–H groups in total. The van der Waals surface area contributed by atoms with Crippen molar-refractivity contribution in [1.82, 2.24) is 10.6 Å². The lowest BCUT2D eigenvalue weighted by atomic mass is 10.0. The van der Waals surface area contributed by atoms with Crippen LogP contribution in [0.5, 0.6) is 11.5 Å². The molecule has 1 aromatic rings. The molecule has 0 radical (unpaired) electrons. The van der Waals surface area contributed by atoms with Gasteiger partial charge in [-0.3, -0.25) is 4.79 Å². The van der Waals surface area contributed by atoms with E-state index in [4.69, 9.17) is 9.47 Å². The number of carbonyl (C=O) groups is 1. The van der Waals surface area contributed by atoms with E-state index in [0.29, 0.717) is 19.6 Å². The third-order valence-electron chi connectivity index (χ3n) is 4.14. The first kappa shape index (κ1) is 19.2. The molecule has 0 aromatic heterocycles. The molecule has 5 nitrogen and oxygen atoms in total. The van der Waals surface area contributed by atoms with Crippen molar-refractivity contribution in [3.8, 4) is 11.5 Å². The number of benzene rings is 1. The molecule has 0 aliphatic carbocycles. The van der Waals surface area contributed by atoms with Crippen molar-refractivity contribution < 1.29 is 14.3 Å². The Balaban J connectivity index is 0.00000208. The lowest BCUT2D eigenvalue weighted by Crippen LogP contribution is -2.41. The summed E-state index contributed by atoms with van der Waals surface area (Å²) in [5.41, 5.74) is 1.07. The molecule has 2 heterocycles. The molecule has 1 aromatic carbocycles. The van der Waals surface area contributed by atoms with Crippen molar-refractivity contribution in [3.63, 3.8) is 0 Å². The van der Waals surface area contributed by atoms with Crippen molar-refractivity contribution in [1.29, 1.82) is 0 Å². The van der Waals surface area contributed by atoms with Gasteiger partial charge in [0.2, 0.25) is 5.91 Å². The van der Waals surface area contributed by atoms with Crippen LogP contribution < -0.4 is 20.1 Å². The maximum absolute atomic E-state index is 12.3. The highest BCUT2D eigenvalue weighted by Gasteiger charge is 2.20. The topological polar surface area (TPSA) is 59.6 Å². The van der Waals surface area contributed by atoms with Crippen molar-refractivity contribution in [3.05, 3.63) is 23.8 Å². The minimum Gasteiger partial charge on any atom is -0.486 e. The number of nitrogens with one attached hydrogen (secondary N) is 2. The van der Waals surface area contributed by atoms with Gasteiger partial charge in [0.05, 0.1) is 6.04 Å². The number of thioether (sulfide) groups is 1. The van der Waals surface area contributed by atoms with E-state index in [9.17, 15) is 4.79 Å². The average Bonchev–Trinajstić information content (AvgIpc) is 2.60. The molecule has 2 aliphatic rings. The van der Waals surface area contributed by atoms with Crippen LogP contribution in [0.4, 0.5) is 0 Å². The lowest BCUT2D eigenvalue weighted by Gasteiger charge is -2.25. The average molecular weight is 373 g/mol. The van der Waals surface area contributed by atoms with Crippen molar-refractivity contribution in [2.24, 2.45) is 0 Å². The fourth-order valence-electron chi connectivity index (χ4n) is 2.93. The summed E-state index contributed by atoms with van der Waals surface area (Å²) in [5, 5.41) is 6.56. The van der Waals surface area contributed by atoms with Crippen molar-refractivity contribution >= 4 is 30.1 Å². The Kier molecular flexibility index (Phi) is 7.52. The Morgan fingerprint density at radius 2 is 2.17 bits per heavy atom. The molecule has 0 bridgehead atoms. The molecule has 2 unspecified atom stereocenters. The van der Waals surface area contributed by atoms with Crippen LogP contribution in [0.25, 0.3) is 0 Å². The van der Waals surface area contributed by atoms with Gasteiger partial charge >= 0.3 is 0 Å². The molecule has 7 heteroatoms. The van der Waals surface area contributed by atoms with Gasteiger partial charge in [-0.15, -0.1) is 12.4 Å². The predicted molar refractivity (Wildman–Crippen MR) is 99.6 cm³/mol. The van der Waals surface area contributed by atoms with E-state index in [2.05, 4.69) is 17.6 Å². The van der Waals surface area contributed by atoms with Gasteiger partial charge in [0.15, 0.2) is 11.5 Å². The summed E-state index contributed by atoms with van der Waals surface area (Å²) in [4.78, 5) is 12.3. The van der Waals surface area contributed by atoms with Crippen LogP contribution >= 0.6 is 24.2 Å². The summed E-state index contributed by atoms with van der Waals surface area (Å²) < 4.78 is 11.2. The summed E-state index contributed by atoms with van der Waals surface area (Å²) in [5.74, 6) is 3.80. The molecule has 2 aliphatic heterocycles. The highest BCUT2D eigenvalue weighted by Crippen LogP contribution is 2.33. The van der Waals surface area contributed by atoms with Gasteiger partial charge in [-0.25, -0.2) is 0 Å². The maximum Gasteiger partial charge on any atom is 0.222 e. The van der Waals surface area contributed by atoms with Gasteiger partial charge in [-0.1, -0.05) is 13.0 Å². The van der Waals surface area contributed by atoms with Gasteiger partial charge in [0.25, 0.3) is 0 Å². The standard InChI is InChI=1S/C17H24N2O3S.ClH/c1-2-14(19-17(20)10-13-11-23-8-5-18-13)12-3-4-15-16(9-12)22-7-6-21-15;/h3-4,9,13-14,18H,2,5-8,10-11H2,1H3,(H,19,20);1H. The van der Waals surface area contributed by atoms with Gasteiger partial charge in [-0.2, -0.15) is 11.8 Å². The smallest absolute Gasteiger partial charge is 0.222 e. The maximum atomic E-state index is 12.3. The van der Waals surface area contributed by atoms with Crippen LogP contribution in [0.2, 0.25) is 0 Å². The molecule has 2 atom stereocenters. The first-order valence-electron chi connectivity index (χ1n) is 8.26. The van der Waals surface area contributed by atoms with E-state index in [1.165, 1.54) is 0 Å². The molecule has 0 spiro atoms. The van der Waals surface area contributed by atoms with Gasteiger partial charge in [0.1, 0.15) is 13.2 Å². The number of carbonyl (C=O) groups excluding carboxylic acids is 1. The van der Waals surface area contributed by atoms with Crippen LogP contribution in [0.15, 0.2) is 18.2 Å². The highest BCUT2D eigenvalue weighted by atomic mass is 35.5. The second-order valence-electron chi connectivity index (χ2n) is 5.86. The fourth-order valence-corrected chi connectivity index (χ4v) is 3.87. The number of fused-ring (bicyclic) bond motifs is 1. The number of halogens is 1. The molecule has 1 amide bonds. The highest BCUT2D eigenvalue weighted by molar-refractivity contribution is 7.99. The summed E-state index contributed by atoms with van der Waals surface area (Å²) in [6.45, 7) is 4.23. The summed E-state index contributed by atoms with van der Waals surface area (Å²) in [7, 11) is 0. The molecule has 3 rings (SSSR count). The van der Waals surface area contributed by atoms with E-state index in [1.54, 1.807) is 0 Å². The summed E-state index contributed by atoms with van der Waals surface area (Å²) in [6, 6.07) is 6.22. The van der Waals surface area contributed by atoms with Gasteiger partial charge in [0, 0.05) is 30.5 Å². The van der Waals surface area contributed by atoms with Crippen molar-refractivity contribution in [2.45, 2.75) is 31.8 Å². The Morgan fingerprint density at radius 1 is 1.38 bits per heavy atom. The molecule has 1 saturated heterocycles. The van der Waals surface area contributed by atoms with E-state index >= 15 is 0 Å². The minimum absolute atomic E-state index is 0. The van der Waals surface area contributed by atoms with Crippen LogP contribution in [0.3, 0.4) is 0 Å². The zero-order valence-corrected chi connectivity index (χ0v) is 15.5. The molecule has 0 saturated carbocycles. The zero-order valence-electron chi connectivity index (χ0n) is 13.9. The fraction of sp³-hybridized carbons (Fsp3) is 0.588. The second kappa shape index (κ2) is 9.39. The Morgan fingerprint density at radius 3 is 2.88 bits per heavy atom. The number of amides is 1. The monoisotopic (exact) mass is 372 g/mol. The van der Waals surface area contributed by atoms with Crippen LogP contribution in [-0.4, -0.2) is 43.2 Å². The second-order valence-corrected chi connectivity index (χ2v) is 7.01. The van der Waals surface area contributed by atoms with E-state index in [-0.39, 0.29) is 30.4 Å². The van der Waals surface area contributed by atoms with Gasteiger partial charge in [-0.05, 0) is 24.1 Å². The lowest BCUT2D eigenvalue weighted by molar-refractivity contribution is -0.122. The third-order valence-corrected chi connectivity index (χ3v) is 5.27. The molecule has 134 valence electrons. The SMILES string of the molecule is CCC(NC(=O)CC1CSCCN1)c1ccc2c(c1)OCCO2.Cl. The molecule has 24 heavy (non-hydrogen) atoms. The molecular weight excluding hydrogens is 348 g/mol. The Hall–Kier alpha value is -1.11. The number of hydrogen-bond acceptors (Lipinski definition) is 5. The van der Waals surface area contributed by atoms with E-state index in [1.807, 2.05) is 30.0 Å². The largest absolute Gasteiger partial charge is 0.486 e. The predicted octanol–water partition coefficient (Wildman–Crippen LogP) is 2.54. The zero-order chi connectivity index (χ0) is 16.1. The Bertz CT molecular complexity index is 553. The van der Waals surface area contributed by atoms with Crippen LogP contribution in [0.1, 0.15) is 31.4 Å². The number of rotatable bonds is 5. The van der Waals surface area contributed by atoms with Crippen LogP contribution in [0, 0.1) is 0 Å². The third kappa shape index (κ3) is 4.94. The number of hydrogen-bond donors (Lipinski definition) is 2. The van der Waals surface area contributed by atoms with Crippen molar-refractivity contribution in [2.75, 3.05) is 31.3 Å². The van der Waals surface area contributed by atoms with E-state index in [0.717, 1.165) is 41.5 Å². The first-order chi connectivity index (χ1) is 11.3. The van der Waals surface area contributed by atoms with Gasteiger partial charge < -0.3 is 20.1 Å².